The van der Waals surface area contributed by atoms with E-state index in [-0.39, 0.29) is 11.9 Å². The second kappa shape index (κ2) is 5.39. The molecule has 0 radical (unpaired) electrons. The van der Waals surface area contributed by atoms with Gasteiger partial charge in [-0.05, 0) is 38.1 Å². The Morgan fingerprint density at radius 1 is 1.27 bits per heavy atom. The van der Waals surface area contributed by atoms with Crippen LogP contribution in [0.25, 0.3) is 0 Å². The zero-order valence-corrected chi connectivity index (χ0v) is 9.32. The molecule has 0 heterocycles. The molecule has 0 fully saturated rings. The molecule has 1 aromatic carbocycles. The molecule has 1 atom stereocenters. The van der Waals surface area contributed by atoms with Crippen molar-refractivity contribution in [3.63, 3.8) is 0 Å². The maximum atomic E-state index is 10.8. The van der Waals surface area contributed by atoms with Crippen molar-refractivity contribution in [1.29, 1.82) is 0 Å². The van der Waals surface area contributed by atoms with E-state index < -0.39 is 0 Å². The van der Waals surface area contributed by atoms with Gasteiger partial charge in [-0.1, -0.05) is 0 Å². The average molecular weight is 208 g/mol. The normalized spacial score (nSPS) is 11.9. The smallest absolute Gasteiger partial charge is 0.133 e. The van der Waals surface area contributed by atoms with Crippen LogP contribution in [0.2, 0.25) is 0 Å². The highest BCUT2D eigenvalue weighted by molar-refractivity contribution is 5.75. The van der Waals surface area contributed by atoms with Gasteiger partial charge in [-0.2, -0.15) is 0 Å². The summed E-state index contributed by atoms with van der Waals surface area (Å²) in [6.07, 6.45) is 0.349. The number of carbonyl (C=O) groups excluding carboxylic acids is 1. The number of benzene rings is 1. The average Bonchev–Trinajstić information content (AvgIpc) is 2.17. The number of Topliss-reactive ketones (excluding diaryl/α,β-unsaturated/α-hetero) is 1. The standard InChI is InChI=1S/C12H16O3/c1-9(13)8-10(2)15-12-6-4-11(14-3)5-7-12/h4-7,10H,8H2,1-3H3. The van der Waals surface area contributed by atoms with E-state index in [9.17, 15) is 4.79 Å². The lowest BCUT2D eigenvalue weighted by Crippen LogP contribution is -2.15. The van der Waals surface area contributed by atoms with Gasteiger partial charge in [0.15, 0.2) is 0 Å². The van der Waals surface area contributed by atoms with E-state index in [0.717, 1.165) is 11.5 Å². The third-order valence-corrected chi connectivity index (χ3v) is 1.97. The molecule has 1 aromatic rings. The van der Waals surface area contributed by atoms with Crippen LogP contribution >= 0.6 is 0 Å². The molecular weight excluding hydrogens is 192 g/mol. The number of carbonyl (C=O) groups is 1. The number of methoxy groups -OCH3 is 1. The van der Waals surface area contributed by atoms with Gasteiger partial charge in [0.2, 0.25) is 0 Å². The quantitative estimate of drug-likeness (QED) is 0.745. The Morgan fingerprint density at radius 2 is 1.80 bits per heavy atom. The van der Waals surface area contributed by atoms with Crippen LogP contribution in [0.1, 0.15) is 20.3 Å². The molecule has 3 nitrogen and oxygen atoms in total. The number of rotatable bonds is 5. The number of hydrogen-bond acceptors (Lipinski definition) is 3. The fourth-order valence-corrected chi connectivity index (χ4v) is 1.33. The van der Waals surface area contributed by atoms with Crippen molar-refractivity contribution in [3.8, 4) is 11.5 Å². The fraction of sp³-hybridized carbons (Fsp3) is 0.417. The van der Waals surface area contributed by atoms with Gasteiger partial charge in [-0.25, -0.2) is 0 Å². The summed E-state index contributed by atoms with van der Waals surface area (Å²) in [6, 6.07) is 7.32. The van der Waals surface area contributed by atoms with Crippen LogP contribution in [-0.4, -0.2) is 19.0 Å². The summed E-state index contributed by atoms with van der Waals surface area (Å²) in [5, 5.41) is 0. The summed E-state index contributed by atoms with van der Waals surface area (Å²) in [5.41, 5.74) is 0. The summed E-state index contributed by atoms with van der Waals surface area (Å²) in [4.78, 5) is 10.8. The van der Waals surface area contributed by atoms with Gasteiger partial charge < -0.3 is 9.47 Å². The zero-order valence-electron chi connectivity index (χ0n) is 9.32. The molecule has 0 aliphatic rings. The van der Waals surface area contributed by atoms with Crippen LogP contribution in [0.4, 0.5) is 0 Å². The summed E-state index contributed by atoms with van der Waals surface area (Å²) >= 11 is 0. The minimum absolute atomic E-state index is 0.0871. The maximum Gasteiger partial charge on any atom is 0.133 e. The van der Waals surface area contributed by atoms with E-state index in [1.807, 2.05) is 31.2 Å². The van der Waals surface area contributed by atoms with Gasteiger partial charge in [0.1, 0.15) is 23.4 Å². The minimum Gasteiger partial charge on any atom is -0.497 e. The number of hydrogen-bond donors (Lipinski definition) is 0. The summed E-state index contributed by atoms with van der Waals surface area (Å²) in [6.45, 7) is 3.44. The molecule has 82 valence electrons. The van der Waals surface area contributed by atoms with Crippen LogP contribution in [0.15, 0.2) is 24.3 Å². The molecule has 0 N–H and O–H groups in total. The molecule has 0 saturated carbocycles. The highest BCUT2D eigenvalue weighted by Crippen LogP contribution is 2.18. The Kier molecular flexibility index (Phi) is 4.16. The van der Waals surface area contributed by atoms with E-state index in [1.54, 1.807) is 14.0 Å². The van der Waals surface area contributed by atoms with Crippen molar-refractivity contribution in [2.45, 2.75) is 26.4 Å². The first-order valence-electron chi connectivity index (χ1n) is 4.92. The van der Waals surface area contributed by atoms with E-state index in [2.05, 4.69) is 0 Å². The lowest BCUT2D eigenvalue weighted by Gasteiger charge is -2.13. The monoisotopic (exact) mass is 208 g/mol. The topological polar surface area (TPSA) is 35.5 Å². The Labute approximate surface area is 90.0 Å². The van der Waals surface area contributed by atoms with E-state index in [4.69, 9.17) is 9.47 Å². The van der Waals surface area contributed by atoms with Crippen LogP contribution in [0.3, 0.4) is 0 Å². The van der Waals surface area contributed by atoms with Gasteiger partial charge in [-0.3, -0.25) is 4.79 Å². The first kappa shape index (κ1) is 11.6. The molecule has 3 heteroatoms. The van der Waals surface area contributed by atoms with E-state index in [0.29, 0.717) is 6.42 Å². The van der Waals surface area contributed by atoms with E-state index >= 15 is 0 Å². The Balaban J connectivity index is 2.53. The molecule has 0 spiro atoms. The van der Waals surface area contributed by atoms with Crippen LogP contribution in [-0.2, 0) is 4.79 Å². The predicted molar refractivity (Wildman–Crippen MR) is 58.4 cm³/mol. The van der Waals surface area contributed by atoms with Crippen molar-refractivity contribution in [2.75, 3.05) is 7.11 Å². The van der Waals surface area contributed by atoms with Gasteiger partial charge in [0, 0.05) is 6.42 Å². The molecule has 0 bridgehead atoms. The molecule has 0 aliphatic carbocycles. The molecule has 0 aromatic heterocycles. The number of ether oxygens (including phenoxy) is 2. The Hall–Kier alpha value is -1.51. The van der Waals surface area contributed by atoms with Crippen molar-refractivity contribution in [1.82, 2.24) is 0 Å². The predicted octanol–water partition coefficient (Wildman–Crippen LogP) is 2.44. The molecule has 1 unspecified atom stereocenters. The first-order valence-corrected chi connectivity index (χ1v) is 4.92. The zero-order chi connectivity index (χ0) is 11.3. The summed E-state index contributed by atoms with van der Waals surface area (Å²) < 4.78 is 10.6. The van der Waals surface area contributed by atoms with Crippen molar-refractivity contribution in [2.24, 2.45) is 0 Å². The molecule has 1 rings (SSSR count). The van der Waals surface area contributed by atoms with E-state index in [1.165, 1.54) is 0 Å². The lowest BCUT2D eigenvalue weighted by molar-refractivity contribution is -0.118. The molecule has 15 heavy (non-hydrogen) atoms. The summed E-state index contributed by atoms with van der Waals surface area (Å²) in [7, 11) is 1.62. The van der Waals surface area contributed by atoms with Gasteiger partial charge >= 0.3 is 0 Å². The van der Waals surface area contributed by atoms with Crippen LogP contribution in [0.5, 0.6) is 11.5 Å². The SMILES string of the molecule is COc1ccc(OC(C)CC(C)=O)cc1. The number of ketones is 1. The summed E-state index contributed by atoms with van der Waals surface area (Å²) in [5.74, 6) is 1.68. The third-order valence-electron chi connectivity index (χ3n) is 1.97. The molecule has 0 amide bonds. The molecule has 0 saturated heterocycles. The fourth-order valence-electron chi connectivity index (χ4n) is 1.33. The van der Waals surface area contributed by atoms with Gasteiger partial charge in [0.05, 0.1) is 7.11 Å². The van der Waals surface area contributed by atoms with Gasteiger partial charge in [-0.15, -0.1) is 0 Å². The Morgan fingerprint density at radius 3 is 2.27 bits per heavy atom. The highest BCUT2D eigenvalue weighted by Gasteiger charge is 2.06. The van der Waals surface area contributed by atoms with Crippen molar-refractivity contribution in [3.05, 3.63) is 24.3 Å². The molecular formula is C12H16O3. The maximum absolute atomic E-state index is 10.8. The van der Waals surface area contributed by atoms with Crippen LogP contribution in [0, 0.1) is 0 Å². The second-order valence-electron chi connectivity index (χ2n) is 3.51. The largest absolute Gasteiger partial charge is 0.497 e. The minimum atomic E-state index is -0.0871. The third kappa shape index (κ3) is 4.02. The lowest BCUT2D eigenvalue weighted by atomic mass is 10.2. The van der Waals surface area contributed by atoms with Crippen molar-refractivity contribution >= 4 is 5.78 Å². The first-order chi connectivity index (χ1) is 7.11. The second-order valence-corrected chi connectivity index (χ2v) is 3.51. The van der Waals surface area contributed by atoms with Gasteiger partial charge in [0.25, 0.3) is 0 Å². The molecule has 0 aliphatic heterocycles. The Bertz CT molecular complexity index is 316. The van der Waals surface area contributed by atoms with Crippen LogP contribution < -0.4 is 9.47 Å². The van der Waals surface area contributed by atoms with Crippen molar-refractivity contribution < 1.29 is 14.3 Å². The highest BCUT2D eigenvalue weighted by atomic mass is 16.5.